The van der Waals surface area contributed by atoms with Gasteiger partial charge in [0.05, 0.1) is 0 Å². The largest absolute Gasteiger partial charge is 0.355 e. The highest BCUT2D eigenvalue weighted by atomic mass is 19.2. The lowest BCUT2D eigenvalue weighted by atomic mass is 10.1. The Labute approximate surface area is 115 Å². The first-order chi connectivity index (χ1) is 9.56. The second-order valence-corrected chi connectivity index (χ2v) is 4.96. The lowest BCUT2D eigenvalue weighted by Crippen LogP contribution is -2.37. The van der Waals surface area contributed by atoms with Crippen LogP contribution in [-0.2, 0) is 11.2 Å². The number of hydrogen-bond acceptors (Lipinski definition) is 2. The van der Waals surface area contributed by atoms with E-state index < -0.39 is 17.8 Å². The van der Waals surface area contributed by atoms with Crippen molar-refractivity contribution in [1.82, 2.24) is 10.6 Å². The summed E-state index contributed by atoms with van der Waals surface area (Å²) in [5.41, 5.74) is 0.183. The third kappa shape index (κ3) is 3.96. The van der Waals surface area contributed by atoms with Crippen molar-refractivity contribution in [1.29, 1.82) is 0 Å². The Morgan fingerprint density at radius 3 is 2.90 bits per heavy atom. The van der Waals surface area contributed by atoms with E-state index in [0.29, 0.717) is 19.5 Å². The van der Waals surface area contributed by atoms with Gasteiger partial charge in [0.25, 0.3) is 0 Å². The van der Waals surface area contributed by atoms with Crippen LogP contribution in [-0.4, -0.2) is 31.2 Å². The van der Waals surface area contributed by atoms with Gasteiger partial charge in [-0.25, -0.2) is 13.2 Å². The molecule has 2 atom stereocenters. The fraction of sp³-hybridized carbons (Fsp3) is 0.500. The molecule has 1 aromatic rings. The van der Waals surface area contributed by atoms with Crippen molar-refractivity contribution < 1.29 is 18.0 Å². The van der Waals surface area contributed by atoms with Gasteiger partial charge in [-0.1, -0.05) is 12.1 Å². The third-order valence-electron chi connectivity index (χ3n) is 3.37. The molecular formula is C14H17F3N2O. The second kappa shape index (κ2) is 6.74. The summed E-state index contributed by atoms with van der Waals surface area (Å²) in [5.74, 6) is -2.07. The minimum absolute atomic E-state index is 0.0557. The number of alkyl halides is 1. The Bertz CT molecular complexity index is 481. The first-order valence-corrected chi connectivity index (χ1v) is 6.63. The van der Waals surface area contributed by atoms with E-state index in [4.69, 9.17) is 0 Å². The average Bonchev–Trinajstić information content (AvgIpc) is 2.84. The van der Waals surface area contributed by atoms with Crippen LogP contribution in [0.1, 0.15) is 18.4 Å². The van der Waals surface area contributed by atoms with Gasteiger partial charge in [-0.05, 0) is 24.5 Å². The van der Waals surface area contributed by atoms with E-state index >= 15 is 0 Å². The van der Waals surface area contributed by atoms with E-state index in [-0.39, 0.29) is 30.4 Å². The van der Waals surface area contributed by atoms with Crippen molar-refractivity contribution in [2.75, 3.05) is 13.1 Å². The summed E-state index contributed by atoms with van der Waals surface area (Å²) in [7, 11) is 0. The van der Waals surface area contributed by atoms with Gasteiger partial charge < -0.3 is 10.6 Å². The zero-order valence-corrected chi connectivity index (χ0v) is 11.0. The normalized spacial score (nSPS) is 21.9. The fourth-order valence-electron chi connectivity index (χ4n) is 2.24. The number of amides is 1. The van der Waals surface area contributed by atoms with Crippen molar-refractivity contribution in [3.8, 4) is 0 Å². The smallest absolute Gasteiger partial charge is 0.220 e. The first kappa shape index (κ1) is 14.8. The van der Waals surface area contributed by atoms with Crippen LogP contribution in [0.2, 0.25) is 0 Å². The molecule has 0 spiro atoms. The summed E-state index contributed by atoms with van der Waals surface area (Å²) >= 11 is 0. The molecule has 1 aromatic carbocycles. The number of nitrogens with one attached hydrogen (secondary N) is 2. The summed E-state index contributed by atoms with van der Waals surface area (Å²) in [6.07, 6.45) is -0.261. The third-order valence-corrected chi connectivity index (χ3v) is 3.37. The Kier molecular flexibility index (Phi) is 5.00. The Balaban J connectivity index is 1.73. The predicted octanol–water partition coefficient (Wildman–Crippen LogP) is 1.71. The molecule has 0 aromatic heterocycles. The molecule has 0 saturated carbocycles. The van der Waals surface area contributed by atoms with Crippen molar-refractivity contribution in [2.24, 2.45) is 0 Å². The van der Waals surface area contributed by atoms with Crippen LogP contribution >= 0.6 is 0 Å². The van der Waals surface area contributed by atoms with Crippen LogP contribution in [0, 0.1) is 11.6 Å². The standard InChI is InChI=1S/C14H17F3N2O/c15-10-6-11(18-7-10)8-19-13(20)5-4-9-2-1-3-12(16)14(9)17/h1-3,10-11,18H,4-8H2,(H,19,20)/t10-,11-/m0/s1. The summed E-state index contributed by atoms with van der Waals surface area (Å²) < 4.78 is 39.2. The quantitative estimate of drug-likeness (QED) is 0.865. The molecule has 20 heavy (non-hydrogen) atoms. The second-order valence-electron chi connectivity index (χ2n) is 4.96. The molecular weight excluding hydrogens is 269 g/mol. The van der Waals surface area contributed by atoms with Gasteiger partial charge >= 0.3 is 0 Å². The molecule has 1 aliphatic heterocycles. The van der Waals surface area contributed by atoms with Gasteiger partial charge in [-0.3, -0.25) is 4.79 Å². The van der Waals surface area contributed by atoms with E-state index in [0.717, 1.165) is 6.07 Å². The average molecular weight is 286 g/mol. The summed E-state index contributed by atoms with van der Waals surface area (Å²) in [6.45, 7) is 0.667. The minimum atomic E-state index is -0.910. The molecule has 1 amide bonds. The molecule has 110 valence electrons. The van der Waals surface area contributed by atoms with E-state index in [9.17, 15) is 18.0 Å². The van der Waals surface area contributed by atoms with Gasteiger partial charge in [0.1, 0.15) is 6.17 Å². The maximum Gasteiger partial charge on any atom is 0.220 e. The maximum absolute atomic E-state index is 13.4. The molecule has 6 heteroatoms. The first-order valence-electron chi connectivity index (χ1n) is 6.63. The summed E-state index contributed by atoms with van der Waals surface area (Å²) in [4.78, 5) is 11.6. The van der Waals surface area contributed by atoms with Crippen LogP contribution in [0.3, 0.4) is 0 Å². The van der Waals surface area contributed by atoms with E-state index in [1.54, 1.807) is 0 Å². The highest BCUT2D eigenvalue weighted by molar-refractivity contribution is 5.76. The fourth-order valence-corrected chi connectivity index (χ4v) is 2.24. The van der Waals surface area contributed by atoms with E-state index in [1.165, 1.54) is 12.1 Å². The van der Waals surface area contributed by atoms with E-state index in [1.807, 2.05) is 0 Å². The summed E-state index contributed by atoms with van der Waals surface area (Å²) in [6, 6.07) is 3.85. The van der Waals surface area contributed by atoms with Crippen LogP contribution in [0.25, 0.3) is 0 Å². The molecule has 0 radical (unpaired) electrons. The van der Waals surface area contributed by atoms with Gasteiger partial charge in [0.2, 0.25) is 5.91 Å². The summed E-state index contributed by atoms with van der Waals surface area (Å²) in [5, 5.41) is 5.62. The monoisotopic (exact) mass is 286 g/mol. The maximum atomic E-state index is 13.4. The highest BCUT2D eigenvalue weighted by Gasteiger charge is 2.23. The van der Waals surface area contributed by atoms with Crippen molar-refractivity contribution >= 4 is 5.91 Å². The zero-order valence-electron chi connectivity index (χ0n) is 11.0. The van der Waals surface area contributed by atoms with Crippen LogP contribution in [0.5, 0.6) is 0 Å². The van der Waals surface area contributed by atoms with Gasteiger partial charge in [0, 0.05) is 25.6 Å². The Morgan fingerprint density at radius 2 is 2.20 bits per heavy atom. The van der Waals surface area contributed by atoms with Crippen molar-refractivity contribution in [3.05, 3.63) is 35.4 Å². The van der Waals surface area contributed by atoms with Crippen LogP contribution in [0.4, 0.5) is 13.2 Å². The lowest BCUT2D eigenvalue weighted by Gasteiger charge is -2.11. The zero-order chi connectivity index (χ0) is 14.5. The minimum Gasteiger partial charge on any atom is -0.355 e. The molecule has 1 saturated heterocycles. The molecule has 1 fully saturated rings. The number of aryl methyl sites for hydroxylation is 1. The van der Waals surface area contributed by atoms with Crippen molar-refractivity contribution in [2.45, 2.75) is 31.5 Å². The molecule has 0 bridgehead atoms. The lowest BCUT2D eigenvalue weighted by molar-refractivity contribution is -0.121. The van der Waals surface area contributed by atoms with E-state index in [2.05, 4.69) is 10.6 Å². The molecule has 3 nitrogen and oxygen atoms in total. The van der Waals surface area contributed by atoms with Gasteiger partial charge in [-0.2, -0.15) is 0 Å². The molecule has 2 N–H and O–H groups in total. The molecule has 0 aliphatic carbocycles. The molecule has 1 heterocycles. The molecule has 0 unspecified atom stereocenters. The number of hydrogen-bond donors (Lipinski definition) is 2. The van der Waals surface area contributed by atoms with Gasteiger partial charge in [-0.15, -0.1) is 0 Å². The van der Waals surface area contributed by atoms with Crippen molar-refractivity contribution in [3.63, 3.8) is 0 Å². The number of carbonyl (C=O) groups is 1. The molecule has 2 rings (SSSR count). The SMILES string of the molecule is O=C(CCc1cccc(F)c1F)NC[C@@H]1C[C@H](F)CN1. The van der Waals surface area contributed by atoms with Gasteiger partial charge in [0.15, 0.2) is 11.6 Å². The molecule has 1 aliphatic rings. The Hall–Kier alpha value is -1.56. The number of rotatable bonds is 5. The highest BCUT2D eigenvalue weighted by Crippen LogP contribution is 2.13. The number of halogens is 3. The topological polar surface area (TPSA) is 41.1 Å². The predicted molar refractivity (Wildman–Crippen MR) is 69.0 cm³/mol. The number of benzene rings is 1. The van der Waals surface area contributed by atoms with Crippen LogP contribution < -0.4 is 10.6 Å². The Morgan fingerprint density at radius 1 is 1.40 bits per heavy atom. The van der Waals surface area contributed by atoms with Crippen LogP contribution in [0.15, 0.2) is 18.2 Å². The number of carbonyl (C=O) groups excluding carboxylic acids is 1.